The molecule has 0 saturated carbocycles. The fourth-order valence-electron chi connectivity index (χ4n) is 1.44. The third-order valence-electron chi connectivity index (χ3n) is 2.35. The van der Waals surface area contributed by atoms with Gasteiger partial charge in [-0.2, -0.15) is 26.3 Å². The summed E-state index contributed by atoms with van der Waals surface area (Å²) in [5.41, 5.74) is 2.28. The van der Waals surface area contributed by atoms with Gasteiger partial charge < -0.3 is 10.8 Å². The Hall–Kier alpha value is -1.35. The minimum Gasteiger partial charge on any atom is -0.382 e. The highest BCUT2D eigenvalue weighted by Crippen LogP contribution is 2.37. The van der Waals surface area contributed by atoms with Crippen LogP contribution in [0.15, 0.2) is 18.2 Å². The van der Waals surface area contributed by atoms with E-state index in [1.165, 1.54) is 0 Å². The molecule has 9 heteroatoms. The number of hydrogen-bond donors (Lipinski definition) is 2. The normalized spacial score (nSPS) is 16.3. The summed E-state index contributed by atoms with van der Waals surface area (Å²) in [5.74, 6) is -1.19. The summed E-state index contributed by atoms with van der Waals surface area (Å²) in [4.78, 5) is 0. The highest BCUT2D eigenvalue weighted by molar-refractivity contribution is 5.33. The van der Waals surface area contributed by atoms with Gasteiger partial charge in [0.2, 0.25) is 0 Å². The van der Waals surface area contributed by atoms with Crippen LogP contribution in [-0.2, 0) is 6.18 Å². The summed E-state index contributed by atoms with van der Waals surface area (Å²) in [5, 5.41) is 8.85. The molecule has 0 aliphatic carbocycles. The van der Waals surface area contributed by atoms with Gasteiger partial charge in [0.15, 0.2) is 6.10 Å². The average Bonchev–Trinajstić information content (AvgIpc) is 2.24. The van der Waals surface area contributed by atoms with E-state index in [0.29, 0.717) is 6.07 Å². The summed E-state index contributed by atoms with van der Waals surface area (Å²) in [7, 11) is 0. The quantitative estimate of drug-likeness (QED) is 0.823. The molecule has 3 N–H and O–H groups in total. The molecular weight excluding hydrogens is 283 g/mol. The van der Waals surface area contributed by atoms with E-state index in [1.54, 1.807) is 0 Å². The summed E-state index contributed by atoms with van der Waals surface area (Å²) < 4.78 is 87.2. The zero-order chi connectivity index (χ0) is 15.0. The van der Waals surface area contributed by atoms with Crippen LogP contribution < -0.4 is 5.73 Å². The average molecular weight is 291 g/mol. The number of aliphatic hydroxyl groups excluding tert-OH is 1. The van der Waals surface area contributed by atoms with E-state index < -0.39 is 41.4 Å². The Morgan fingerprint density at radius 1 is 1.05 bits per heavy atom. The van der Waals surface area contributed by atoms with E-state index in [4.69, 9.17) is 10.8 Å². The lowest BCUT2D eigenvalue weighted by molar-refractivity contribution is -0.211. The molecule has 1 rings (SSSR count). The molecule has 0 bridgehead atoms. The van der Waals surface area contributed by atoms with E-state index in [-0.39, 0.29) is 12.1 Å². The number of benzene rings is 1. The van der Waals surface area contributed by atoms with Gasteiger partial charge in [-0.1, -0.05) is 0 Å². The number of rotatable bonds is 2. The van der Waals surface area contributed by atoms with Gasteiger partial charge in [-0.05, 0) is 23.8 Å². The second-order valence-corrected chi connectivity index (χ2v) is 3.74. The molecule has 1 aromatic rings. The monoisotopic (exact) mass is 291 g/mol. The Labute approximate surface area is 102 Å². The van der Waals surface area contributed by atoms with Gasteiger partial charge in [0.25, 0.3) is 0 Å². The molecule has 0 unspecified atom stereocenters. The predicted octanol–water partition coefficient (Wildman–Crippen LogP) is 2.77. The van der Waals surface area contributed by atoms with Crippen molar-refractivity contribution in [1.82, 2.24) is 0 Å². The molecule has 0 amide bonds. The largest absolute Gasteiger partial charge is 0.416 e. The molecule has 0 spiro atoms. The van der Waals surface area contributed by atoms with Crippen LogP contribution in [-0.4, -0.2) is 17.4 Å². The first-order valence-corrected chi connectivity index (χ1v) is 4.81. The van der Waals surface area contributed by atoms with Crippen molar-refractivity contribution in [3.8, 4) is 0 Å². The summed E-state index contributed by atoms with van der Waals surface area (Å²) >= 11 is 0. The smallest absolute Gasteiger partial charge is 0.382 e. The number of alkyl halides is 6. The third-order valence-corrected chi connectivity index (χ3v) is 2.35. The maximum absolute atomic E-state index is 12.9. The first-order chi connectivity index (χ1) is 8.44. The van der Waals surface area contributed by atoms with Gasteiger partial charge in [0.1, 0.15) is 5.82 Å². The van der Waals surface area contributed by atoms with Gasteiger partial charge in [-0.3, -0.25) is 0 Å². The van der Waals surface area contributed by atoms with Crippen LogP contribution in [0.2, 0.25) is 0 Å². The van der Waals surface area contributed by atoms with Crippen molar-refractivity contribution in [2.75, 3.05) is 0 Å². The minimum absolute atomic E-state index is 0.225. The second-order valence-electron chi connectivity index (χ2n) is 3.74. The SMILES string of the molecule is N[C@@H](c1cc(F)ccc1C(F)(F)F)[C@H](O)C(F)(F)F. The van der Waals surface area contributed by atoms with Gasteiger partial charge in [0, 0.05) is 0 Å². The molecule has 0 aliphatic rings. The van der Waals surface area contributed by atoms with Crippen LogP contribution in [0, 0.1) is 5.82 Å². The summed E-state index contributed by atoms with van der Waals surface area (Å²) in [6, 6.07) is -1.50. The first-order valence-electron chi connectivity index (χ1n) is 4.81. The van der Waals surface area contributed by atoms with Crippen LogP contribution in [0.25, 0.3) is 0 Å². The fourth-order valence-corrected chi connectivity index (χ4v) is 1.44. The third kappa shape index (κ3) is 3.57. The lowest BCUT2D eigenvalue weighted by atomic mass is 9.96. The molecule has 2 atom stereocenters. The number of nitrogens with two attached hydrogens (primary N) is 1. The van der Waals surface area contributed by atoms with Crippen LogP contribution in [0.4, 0.5) is 30.7 Å². The van der Waals surface area contributed by atoms with Gasteiger partial charge in [-0.15, -0.1) is 0 Å². The maximum Gasteiger partial charge on any atom is 0.416 e. The lowest BCUT2D eigenvalue weighted by Crippen LogP contribution is -2.39. The second kappa shape index (κ2) is 4.97. The predicted molar refractivity (Wildman–Crippen MR) is 50.4 cm³/mol. The van der Waals surface area contributed by atoms with Crippen LogP contribution in [0.1, 0.15) is 17.2 Å². The minimum atomic E-state index is -5.21. The Kier molecular flexibility index (Phi) is 4.11. The van der Waals surface area contributed by atoms with Crippen LogP contribution >= 0.6 is 0 Å². The molecule has 0 fully saturated rings. The summed E-state index contributed by atoms with van der Waals surface area (Å²) in [6.07, 6.45) is -13.4. The van der Waals surface area contributed by atoms with E-state index in [1.807, 2.05) is 0 Å². The molecule has 0 aliphatic heterocycles. The van der Waals surface area contributed by atoms with Gasteiger partial charge in [-0.25, -0.2) is 4.39 Å². The zero-order valence-corrected chi connectivity index (χ0v) is 9.06. The van der Waals surface area contributed by atoms with Crippen molar-refractivity contribution in [2.45, 2.75) is 24.5 Å². The van der Waals surface area contributed by atoms with E-state index in [9.17, 15) is 30.7 Å². The van der Waals surface area contributed by atoms with Crippen LogP contribution in [0.3, 0.4) is 0 Å². The van der Waals surface area contributed by atoms with Gasteiger partial charge >= 0.3 is 12.4 Å². The Bertz CT molecular complexity index is 454. The topological polar surface area (TPSA) is 46.2 Å². The number of halogens is 7. The molecule has 0 aromatic heterocycles. The molecule has 0 radical (unpaired) electrons. The van der Waals surface area contributed by atoms with E-state index in [2.05, 4.69) is 0 Å². The molecule has 108 valence electrons. The highest BCUT2D eigenvalue weighted by atomic mass is 19.4. The van der Waals surface area contributed by atoms with Crippen molar-refractivity contribution in [3.63, 3.8) is 0 Å². The van der Waals surface area contributed by atoms with E-state index >= 15 is 0 Å². The number of hydrogen-bond acceptors (Lipinski definition) is 2. The summed E-state index contributed by atoms with van der Waals surface area (Å²) in [6.45, 7) is 0. The maximum atomic E-state index is 12.9. The van der Waals surface area contributed by atoms with Gasteiger partial charge in [0.05, 0.1) is 11.6 Å². The Balaban J connectivity index is 3.29. The van der Waals surface area contributed by atoms with Crippen molar-refractivity contribution >= 4 is 0 Å². The Morgan fingerprint density at radius 2 is 1.58 bits per heavy atom. The van der Waals surface area contributed by atoms with Crippen molar-refractivity contribution in [3.05, 3.63) is 35.1 Å². The molecule has 1 aromatic carbocycles. The molecule has 19 heavy (non-hydrogen) atoms. The number of aliphatic hydroxyl groups is 1. The van der Waals surface area contributed by atoms with Crippen molar-refractivity contribution in [1.29, 1.82) is 0 Å². The fraction of sp³-hybridized carbons (Fsp3) is 0.400. The molecule has 2 nitrogen and oxygen atoms in total. The van der Waals surface area contributed by atoms with Crippen LogP contribution in [0.5, 0.6) is 0 Å². The zero-order valence-electron chi connectivity index (χ0n) is 9.06. The lowest BCUT2D eigenvalue weighted by Gasteiger charge is -2.24. The van der Waals surface area contributed by atoms with Crippen molar-refractivity contribution in [2.24, 2.45) is 5.73 Å². The first kappa shape index (κ1) is 15.7. The van der Waals surface area contributed by atoms with Crippen molar-refractivity contribution < 1.29 is 35.8 Å². The molecule has 0 saturated heterocycles. The Morgan fingerprint density at radius 3 is 2.00 bits per heavy atom. The highest BCUT2D eigenvalue weighted by Gasteiger charge is 2.45. The van der Waals surface area contributed by atoms with E-state index in [0.717, 1.165) is 0 Å². The molecular formula is C10H8F7NO. The molecule has 0 heterocycles. The standard InChI is InChI=1S/C10H8F7NO/c11-4-1-2-6(9(12,13)14)5(3-4)7(18)8(19)10(15,16)17/h1-3,7-8,19H,18H2/t7-,8-/m0/s1.